The first-order chi connectivity index (χ1) is 24.3. The lowest BCUT2D eigenvalue weighted by molar-refractivity contribution is 0.669. The highest BCUT2D eigenvalue weighted by Crippen LogP contribution is 2.49. The van der Waals surface area contributed by atoms with Gasteiger partial charge >= 0.3 is 0 Å². The largest absolute Gasteiger partial charge is 0.456 e. The molecule has 2 nitrogen and oxygen atoms in total. The van der Waals surface area contributed by atoms with Gasteiger partial charge in [-0.25, -0.2) is 0 Å². The zero-order valence-electron chi connectivity index (χ0n) is 26.6. The first-order valence-electron chi connectivity index (χ1n) is 16.7. The van der Waals surface area contributed by atoms with E-state index in [1.165, 1.54) is 60.1 Å². The summed E-state index contributed by atoms with van der Waals surface area (Å²) in [5.74, 6) is 0. The smallest absolute Gasteiger partial charge is 0.136 e. The lowest BCUT2D eigenvalue weighted by atomic mass is 9.83. The molecule has 10 rings (SSSR count). The number of pyridine rings is 1. The van der Waals surface area contributed by atoms with Crippen LogP contribution in [-0.2, 0) is 0 Å². The summed E-state index contributed by atoms with van der Waals surface area (Å²) in [4.78, 5) is 4.51. The van der Waals surface area contributed by atoms with Gasteiger partial charge in [-0.15, -0.1) is 0 Å². The van der Waals surface area contributed by atoms with Gasteiger partial charge in [0.15, 0.2) is 0 Å². The second kappa shape index (κ2) is 11.0. The van der Waals surface area contributed by atoms with Crippen LogP contribution in [-0.4, -0.2) is 4.98 Å². The predicted molar refractivity (Wildman–Crippen MR) is 206 cm³/mol. The maximum Gasteiger partial charge on any atom is 0.136 e. The average Bonchev–Trinajstić information content (AvgIpc) is 3.56. The van der Waals surface area contributed by atoms with Crippen molar-refractivity contribution in [3.8, 4) is 44.5 Å². The number of hydrogen-bond acceptors (Lipinski definition) is 2. The van der Waals surface area contributed by atoms with Gasteiger partial charge in [0.2, 0.25) is 0 Å². The Morgan fingerprint density at radius 2 is 0.837 bits per heavy atom. The van der Waals surface area contributed by atoms with E-state index < -0.39 is 0 Å². The molecule has 0 atom stereocenters. The van der Waals surface area contributed by atoms with Gasteiger partial charge in [-0.3, -0.25) is 4.98 Å². The normalized spacial score (nSPS) is 11.7. The molecule has 228 valence electrons. The molecule has 0 aliphatic carbocycles. The van der Waals surface area contributed by atoms with Crippen LogP contribution >= 0.6 is 0 Å². The van der Waals surface area contributed by atoms with Crippen LogP contribution in [0.1, 0.15) is 0 Å². The summed E-state index contributed by atoms with van der Waals surface area (Å²) in [6.07, 6.45) is 3.78. The van der Waals surface area contributed by atoms with Crippen LogP contribution in [0.15, 0.2) is 181 Å². The minimum Gasteiger partial charge on any atom is -0.456 e. The van der Waals surface area contributed by atoms with Gasteiger partial charge in [0.25, 0.3) is 0 Å². The van der Waals surface area contributed by atoms with Gasteiger partial charge in [0.05, 0.1) is 0 Å². The Kier molecular flexibility index (Phi) is 6.22. The first-order valence-corrected chi connectivity index (χ1v) is 16.7. The van der Waals surface area contributed by atoms with Crippen molar-refractivity contribution in [2.75, 3.05) is 0 Å². The number of furan rings is 1. The summed E-state index contributed by atoms with van der Waals surface area (Å²) >= 11 is 0. The molecular weight excluding hydrogens is 595 g/mol. The van der Waals surface area contributed by atoms with Crippen LogP contribution < -0.4 is 0 Å². The summed E-state index contributed by atoms with van der Waals surface area (Å²) in [5, 5.41) is 9.65. The molecule has 2 heteroatoms. The molecule has 2 heterocycles. The minimum absolute atomic E-state index is 0.880. The fourth-order valence-electron chi connectivity index (χ4n) is 7.93. The summed E-state index contributed by atoms with van der Waals surface area (Å²) < 4.78 is 6.44. The summed E-state index contributed by atoms with van der Waals surface area (Å²) in [6.45, 7) is 0. The molecule has 0 unspecified atom stereocenters. The van der Waals surface area contributed by atoms with E-state index in [-0.39, 0.29) is 0 Å². The van der Waals surface area contributed by atoms with Crippen molar-refractivity contribution in [2.45, 2.75) is 0 Å². The van der Waals surface area contributed by atoms with Crippen molar-refractivity contribution < 1.29 is 4.42 Å². The van der Waals surface area contributed by atoms with Crippen molar-refractivity contribution in [3.05, 3.63) is 176 Å². The highest BCUT2D eigenvalue weighted by atomic mass is 16.3. The Balaban J connectivity index is 1.33. The van der Waals surface area contributed by atoms with E-state index in [4.69, 9.17) is 4.42 Å². The van der Waals surface area contributed by atoms with E-state index >= 15 is 0 Å². The topological polar surface area (TPSA) is 26.0 Å². The van der Waals surface area contributed by atoms with Crippen molar-refractivity contribution >= 4 is 54.3 Å². The summed E-state index contributed by atoms with van der Waals surface area (Å²) in [6, 6.07) is 58.8. The van der Waals surface area contributed by atoms with Gasteiger partial charge in [-0.2, -0.15) is 0 Å². The quantitative estimate of drug-likeness (QED) is 0.182. The zero-order chi connectivity index (χ0) is 32.3. The third kappa shape index (κ3) is 4.24. The molecule has 2 aromatic heterocycles. The molecule has 0 fully saturated rings. The third-order valence-corrected chi connectivity index (χ3v) is 9.97. The monoisotopic (exact) mass is 623 g/mol. The third-order valence-electron chi connectivity index (χ3n) is 9.97. The Labute approximate surface area is 283 Å². The molecule has 0 N–H and O–H groups in total. The number of rotatable bonds is 4. The highest BCUT2D eigenvalue weighted by Gasteiger charge is 2.22. The lowest BCUT2D eigenvalue weighted by Gasteiger charge is -2.20. The molecule has 0 spiro atoms. The Morgan fingerprint density at radius 3 is 1.47 bits per heavy atom. The van der Waals surface area contributed by atoms with Crippen LogP contribution in [0.2, 0.25) is 0 Å². The first kappa shape index (κ1) is 27.6. The van der Waals surface area contributed by atoms with Crippen LogP contribution in [0.5, 0.6) is 0 Å². The molecule has 10 aromatic rings. The van der Waals surface area contributed by atoms with Crippen LogP contribution in [0.3, 0.4) is 0 Å². The van der Waals surface area contributed by atoms with E-state index in [9.17, 15) is 0 Å². The van der Waals surface area contributed by atoms with E-state index in [0.29, 0.717) is 0 Å². The number of hydrogen-bond donors (Lipinski definition) is 0. The van der Waals surface area contributed by atoms with Crippen LogP contribution in [0, 0.1) is 0 Å². The summed E-state index contributed by atoms with van der Waals surface area (Å²) in [7, 11) is 0. The molecule has 49 heavy (non-hydrogen) atoms. The average molecular weight is 624 g/mol. The molecule has 0 aliphatic rings. The maximum atomic E-state index is 6.44. The van der Waals surface area contributed by atoms with Gasteiger partial charge in [0, 0.05) is 34.3 Å². The molecule has 0 saturated carbocycles. The molecule has 0 bridgehead atoms. The van der Waals surface area contributed by atoms with E-state index in [1.807, 2.05) is 24.5 Å². The van der Waals surface area contributed by atoms with Gasteiger partial charge in [0.1, 0.15) is 11.2 Å². The number of para-hydroxylation sites is 1. The molecule has 0 saturated heterocycles. The highest BCUT2D eigenvalue weighted by molar-refractivity contribution is 6.25. The molecule has 0 radical (unpaired) electrons. The van der Waals surface area contributed by atoms with Gasteiger partial charge in [-0.05, 0) is 90.0 Å². The second-order valence-electron chi connectivity index (χ2n) is 12.6. The number of nitrogens with zero attached hydrogens (tertiary/aromatic N) is 1. The SMILES string of the molecule is c1ccc(-c2c3ccccc3c(-c3ccc(-c4c(-c5cccnc5)ccc5oc6ccccc6c45)c4ccccc34)c3ccccc23)cc1. The van der Waals surface area contributed by atoms with E-state index in [1.54, 1.807) is 0 Å². The fraction of sp³-hybridized carbons (Fsp3) is 0. The maximum absolute atomic E-state index is 6.44. The van der Waals surface area contributed by atoms with Crippen molar-refractivity contribution in [3.63, 3.8) is 0 Å². The second-order valence-corrected chi connectivity index (χ2v) is 12.6. The standard InChI is InChI=1S/C47H29NO/c1-2-13-30(14-3-1)44-35-18-6-8-20-37(35)45(38-21-9-7-19-36(38)44)39-24-25-40(34-17-5-4-16-33(34)39)46-32(31-15-12-28-48-29-31)26-27-43-47(46)41-22-10-11-23-42(41)49-43/h1-29H. The number of benzene rings is 8. The van der Waals surface area contributed by atoms with Crippen molar-refractivity contribution in [2.24, 2.45) is 0 Å². The van der Waals surface area contributed by atoms with Crippen molar-refractivity contribution in [1.82, 2.24) is 4.98 Å². The number of fused-ring (bicyclic) bond motifs is 6. The van der Waals surface area contributed by atoms with E-state index in [0.717, 1.165) is 38.6 Å². The van der Waals surface area contributed by atoms with Crippen LogP contribution in [0.4, 0.5) is 0 Å². The fourth-order valence-corrected chi connectivity index (χ4v) is 7.93. The summed E-state index contributed by atoms with van der Waals surface area (Å²) in [5.41, 5.74) is 11.3. The van der Waals surface area contributed by atoms with Crippen LogP contribution in [0.25, 0.3) is 98.8 Å². The molecule has 0 aliphatic heterocycles. The zero-order valence-corrected chi connectivity index (χ0v) is 26.6. The molecular formula is C47H29NO. The lowest BCUT2D eigenvalue weighted by Crippen LogP contribution is -1.93. The Hall–Kier alpha value is -6.51. The van der Waals surface area contributed by atoms with Gasteiger partial charge < -0.3 is 4.42 Å². The van der Waals surface area contributed by atoms with Gasteiger partial charge in [-0.1, -0.05) is 140 Å². The minimum atomic E-state index is 0.880. The molecule has 0 amide bonds. The number of aromatic nitrogens is 1. The van der Waals surface area contributed by atoms with E-state index in [2.05, 4.69) is 157 Å². The Bertz CT molecular complexity index is 2810. The Morgan fingerprint density at radius 1 is 0.327 bits per heavy atom. The molecule has 8 aromatic carbocycles. The van der Waals surface area contributed by atoms with Crippen molar-refractivity contribution in [1.29, 1.82) is 0 Å². The predicted octanol–water partition coefficient (Wildman–Crippen LogP) is 13.1.